The number of Topliss-reactive ketones (excluding diaryl/α,β-unsaturated/α-hetero) is 1. The van der Waals surface area contributed by atoms with E-state index in [1.807, 2.05) is 4.68 Å². The van der Waals surface area contributed by atoms with Gasteiger partial charge >= 0.3 is 0 Å². The summed E-state index contributed by atoms with van der Waals surface area (Å²) in [6.07, 6.45) is 6.06. The molecule has 1 N–H and O–H groups in total. The molecular weight excluding hydrogens is 240 g/mol. The summed E-state index contributed by atoms with van der Waals surface area (Å²) in [6, 6.07) is 0.259. The lowest BCUT2D eigenvalue weighted by atomic mass is 9.92. The molecule has 1 aromatic heterocycles. The zero-order chi connectivity index (χ0) is 13.7. The van der Waals surface area contributed by atoms with Gasteiger partial charge < -0.3 is 5.32 Å². The number of hydrogen-bond acceptors (Lipinski definition) is 4. The summed E-state index contributed by atoms with van der Waals surface area (Å²) < 4.78 is 1.84. The summed E-state index contributed by atoms with van der Waals surface area (Å²) in [7, 11) is 0. The Balaban J connectivity index is 1.78. The SMILES string of the molecule is CC(C)n1ncnc1CC(=O)CCC1CCNCC1. The Labute approximate surface area is 114 Å². The van der Waals surface area contributed by atoms with Crippen molar-refractivity contribution in [3.8, 4) is 0 Å². The fourth-order valence-electron chi connectivity index (χ4n) is 2.63. The van der Waals surface area contributed by atoms with E-state index in [9.17, 15) is 4.79 Å². The number of ketones is 1. The van der Waals surface area contributed by atoms with Crippen molar-refractivity contribution in [3.05, 3.63) is 12.2 Å². The van der Waals surface area contributed by atoms with Crippen LogP contribution in [0, 0.1) is 5.92 Å². The lowest BCUT2D eigenvalue weighted by Gasteiger charge is -2.22. The van der Waals surface area contributed by atoms with Crippen LogP contribution in [-0.2, 0) is 11.2 Å². The van der Waals surface area contributed by atoms with Gasteiger partial charge in [0.1, 0.15) is 17.9 Å². The Morgan fingerprint density at radius 1 is 1.47 bits per heavy atom. The van der Waals surface area contributed by atoms with Crippen molar-refractivity contribution in [2.24, 2.45) is 5.92 Å². The van der Waals surface area contributed by atoms with Crippen LogP contribution >= 0.6 is 0 Å². The van der Waals surface area contributed by atoms with Crippen molar-refractivity contribution >= 4 is 5.78 Å². The molecule has 106 valence electrons. The highest BCUT2D eigenvalue weighted by atomic mass is 16.1. The van der Waals surface area contributed by atoms with E-state index in [2.05, 4.69) is 29.2 Å². The van der Waals surface area contributed by atoms with Gasteiger partial charge in [0.05, 0.1) is 6.42 Å². The smallest absolute Gasteiger partial charge is 0.140 e. The third-order valence-corrected chi connectivity index (χ3v) is 3.78. The fourth-order valence-corrected chi connectivity index (χ4v) is 2.63. The Morgan fingerprint density at radius 3 is 2.89 bits per heavy atom. The van der Waals surface area contributed by atoms with E-state index in [4.69, 9.17) is 0 Å². The second-order valence-electron chi connectivity index (χ2n) is 5.66. The van der Waals surface area contributed by atoms with Gasteiger partial charge in [0, 0.05) is 12.5 Å². The second-order valence-corrected chi connectivity index (χ2v) is 5.66. The maximum atomic E-state index is 12.0. The van der Waals surface area contributed by atoms with Crippen molar-refractivity contribution < 1.29 is 4.79 Å². The van der Waals surface area contributed by atoms with E-state index in [1.165, 1.54) is 19.2 Å². The van der Waals surface area contributed by atoms with Crippen molar-refractivity contribution in [2.75, 3.05) is 13.1 Å². The average molecular weight is 264 g/mol. The lowest BCUT2D eigenvalue weighted by molar-refractivity contribution is -0.118. The Kier molecular flexibility index (Phi) is 5.07. The molecule has 0 radical (unpaired) electrons. The summed E-state index contributed by atoms with van der Waals surface area (Å²) in [6.45, 7) is 6.30. The van der Waals surface area contributed by atoms with Crippen molar-refractivity contribution in [1.29, 1.82) is 0 Å². The molecule has 1 saturated heterocycles. The van der Waals surface area contributed by atoms with Crippen molar-refractivity contribution in [1.82, 2.24) is 20.1 Å². The lowest BCUT2D eigenvalue weighted by Crippen LogP contribution is -2.28. The molecule has 19 heavy (non-hydrogen) atoms. The number of hydrogen-bond donors (Lipinski definition) is 1. The molecule has 0 spiro atoms. The number of rotatable bonds is 6. The number of carbonyl (C=O) groups excluding carboxylic acids is 1. The average Bonchev–Trinajstić information content (AvgIpc) is 2.86. The molecule has 0 unspecified atom stereocenters. The third kappa shape index (κ3) is 4.13. The third-order valence-electron chi connectivity index (χ3n) is 3.78. The minimum atomic E-state index is 0.259. The molecule has 0 atom stereocenters. The van der Waals surface area contributed by atoms with Gasteiger partial charge in [-0.25, -0.2) is 9.67 Å². The van der Waals surface area contributed by atoms with E-state index in [-0.39, 0.29) is 11.8 Å². The molecule has 2 rings (SSSR count). The molecule has 0 aliphatic carbocycles. The monoisotopic (exact) mass is 264 g/mol. The van der Waals surface area contributed by atoms with Gasteiger partial charge in [-0.15, -0.1) is 0 Å². The molecule has 1 aliphatic heterocycles. The van der Waals surface area contributed by atoms with Crippen molar-refractivity contribution in [2.45, 2.75) is 52.0 Å². The molecule has 2 heterocycles. The molecule has 0 aromatic carbocycles. The van der Waals surface area contributed by atoms with Crippen LogP contribution in [0.15, 0.2) is 6.33 Å². The van der Waals surface area contributed by atoms with Crippen LogP contribution in [0.1, 0.15) is 51.4 Å². The molecule has 0 saturated carbocycles. The first-order valence-corrected chi connectivity index (χ1v) is 7.27. The highest BCUT2D eigenvalue weighted by molar-refractivity contribution is 5.80. The number of piperidine rings is 1. The molecule has 1 aliphatic rings. The molecule has 5 nitrogen and oxygen atoms in total. The fraction of sp³-hybridized carbons (Fsp3) is 0.786. The first-order valence-electron chi connectivity index (χ1n) is 7.27. The first-order chi connectivity index (χ1) is 9.16. The van der Waals surface area contributed by atoms with E-state index in [0.717, 1.165) is 25.3 Å². The van der Waals surface area contributed by atoms with Gasteiger partial charge in [-0.3, -0.25) is 4.79 Å². The largest absolute Gasteiger partial charge is 0.317 e. The number of aromatic nitrogens is 3. The molecule has 1 fully saturated rings. The summed E-state index contributed by atoms with van der Waals surface area (Å²) in [5.74, 6) is 1.80. The minimum absolute atomic E-state index is 0.259. The van der Waals surface area contributed by atoms with E-state index in [1.54, 1.807) is 0 Å². The maximum absolute atomic E-state index is 12.0. The van der Waals surface area contributed by atoms with Crippen LogP contribution in [0.2, 0.25) is 0 Å². The van der Waals surface area contributed by atoms with Crippen LogP contribution in [0.3, 0.4) is 0 Å². The molecule has 1 aromatic rings. The van der Waals surface area contributed by atoms with Crippen LogP contribution < -0.4 is 5.32 Å². The van der Waals surface area contributed by atoms with Crippen LogP contribution in [-0.4, -0.2) is 33.6 Å². The highest BCUT2D eigenvalue weighted by Gasteiger charge is 2.16. The number of nitrogens with one attached hydrogen (secondary N) is 1. The van der Waals surface area contributed by atoms with Gasteiger partial charge in [0.15, 0.2) is 0 Å². The number of carbonyl (C=O) groups is 1. The molecular formula is C14H24N4O. The van der Waals surface area contributed by atoms with Gasteiger partial charge in [-0.1, -0.05) is 0 Å². The predicted molar refractivity (Wildman–Crippen MR) is 73.9 cm³/mol. The predicted octanol–water partition coefficient (Wildman–Crippen LogP) is 1.75. The summed E-state index contributed by atoms with van der Waals surface area (Å²) in [4.78, 5) is 16.2. The standard InChI is InChI=1S/C14H24N4O/c1-11(2)18-14(16-10-17-18)9-13(19)4-3-12-5-7-15-8-6-12/h10-12,15H,3-9H2,1-2H3. The zero-order valence-corrected chi connectivity index (χ0v) is 11.9. The quantitative estimate of drug-likeness (QED) is 0.850. The molecule has 0 bridgehead atoms. The van der Waals surface area contributed by atoms with E-state index >= 15 is 0 Å². The van der Waals surface area contributed by atoms with E-state index < -0.39 is 0 Å². The maximum Gasteiger partial charge on any atom is 0.140 e. The second kappa shape index (κ2) is 6.80. The molecule has 5 heteroatoms. The topological polar surface area (TPSA) is 59.8 Å². The van der Waals surface area contributed by atoms with Crippen LogP contribution in [0.5, 0.6) is 0 Å². The van der Waals surface area contributed by atoms with Gasteiger partial charge in [0.2, 0.25) is 0 Å². The Morgan fingerprint density at radius 2 is 2.21 bits per heavy atom. The van der Waals surface area contributed by atoms with Crippen molar-refractivity contribution in [3.63, 3.8) is 0 Å². The summed E-state index contributed by atoms with van der Waals surface area (Å²) in [5, 5.41) is 7.52. The van der Waals surface area contributed by atoms with Gasteiger partial charge in [-0.2, -0.15) is 5.10 Å². The van der Waals surface area contributed by atoms with Crippen LogP contribution in [0.25, 0.3) is 0 Å². The van der Waals surface area contributed by atoms with Gasteiger partial charge in [0.25, 0.3) is 0 Å². The highest BCUT2D eigenvalue weighted by Crippen LogP contribution is 2.18. The van der Waals surface area contributed by atoms with Gasteiger partial charge in [-0.05, 0) is 52.1 Å². The minimum Gasteiger partial charge on any atom is -0.317 e. The normalized spacial score (nSPS) is 17.0. The first kappa shape index (κ1) is 14.2. The van der Waals surface area contributed by atoms with Crippen LogP contribution in [0.4, 0.5) is 0 Å². The Hall–Kier alpha value is -1.23. The Bertz CT molecular complexity index is 407. The van der Waals surface area contributed by atoms with E-state index in [0.29, 0.717) is 18.8 Å². The molecule has 0 amide bonds. The summed E-state index contributed by atoms with van der Waals surface area (Å²) >= 11 is 0. The summed E-state index contributed by atoms with van der Waals surface area (Å²) in [5.41, 5.74) is 0. The number of nitrogens with zero attached hydrogens (tertiary/aromatic N) is 3. The zero-order valence-electron chi connectivity index (χ0n) is 11.9.